The molecule has 5 nitrogen and oxygen atoms in total. The second kappa shape index (κ2) is 7.25. The van der Waals surface area contributed by atoms with Crippen molar-refractivity contribution in [3.8, 4) is 0 Å². The number of aliphatic hydroxyl groups is 1. The van der Waals surface area contributed by atoms with Gasteiger partial charge >= 0.3 is 29.6 Å². The van der Waals surface area contributed by atoms with E-state index >= 15 is 0 Å². The maximum atomic E-state index is 10.3. The van der Waals surface area contributed by atoms with Gasteiger partial charge in [0.2, 0.25) is 0 Å². The van der Waals surface area contributed by atoms with E-state index in [4.69, 9.17) is 9.66 Å². The Balaban J connectivity index is -0.000000500. The minimum Gasteiger partial charge on any atom is -1.00 e. The Labute approximate surface area is 96.1 Å². The van der Waals surface area contributed by atoms with E-state index in [0.29, 0.717) is 6.54 Å². The molecule has 0 amide bonds. The van der Waals surface area contributed by atoms with E-state index in [1.807, 2.05) is 0 Å². The number of aliphatic hydroxyl groups excluding tert-OH is 1. The first-order valence-electron chi connectivity index (χ1n) is 3.25. The van der Waals surface area contributed by atoms with Gasteiger partial charge in [-0.05, 0) is 6.92 Å². The van der Waals surface area contributed by atoms with Crippen LogP contribution in [0.2, 0.25) is 0 Å². The second-order valence-electron chi connectivity index (χ2n) is 2.33. The van der Waals surface area contributed by atoms with Crippen molar-refractivity contribution in [1.29, 1.82) is 0 Å². The van der Waals surface area contributed by atoms with Gasteiger partial charge in [-0.15, -0.1) is 0 Å². The molecule has 3 N–H and O–H groups in total. The fourth-order valence-electron chi connectivity index (χ4n) is 0.686. The van der Waals surface area contributed by atoms with Crippen molar-refractivity contribution in [2.24, 2.45) is 0 Å². The van der Waals surface area contributed by atoms with Gasteiger partial charge in [-0.3, -0.25) is 4.55 Å². The Bertz CT molecular complexity index is 199. The summed E-state index contributed by atoms with van der Waals surface area (Å²) in [5.41, 5.74) is 0. The van der Waals surface area contributed by atoms with Crippen LogP contribution in [0.3, 0.4) is 0 Å². The van der Waals surface area contributed by atoms with Gasteiger partial charge in [0.15, 0.2) is 0 Å². The molecule has 0 aromatic heterocycles. The summed E-state index contributed by atoms with van der Waals surface area (Å²) in [6.07, 6.45) is 0. The van der Waals surface area contributed by atoms with Crippen LogP contribution < -0.4 is 34.9 Å². The average molecular weight is 207 g/mol. The fourth-order valence-corrected chi connectivity index (χ4v) is 1.44. The number of nitrogens with one attached hydrogen (secondary N) is 1. The number of hydrogen-bond donors (Lipinski definition) is 3. The SMILES string of the molecule is CC(CS(=O)(=O)O)NCCO.[H-].[Na+]. The Kier molecular flexibility index (Phi) is 9.25. The fraction of sp³-hybridized carbons (Fsp3) is 1.00. The molecular formula is C5H14NNaO4S. The zero-order valence-corrected chi connectivity index (χ0v) is 10.1. The average Bonchev–Trinajstić information content (AvgIpc) is 1.79. The van der Waals surface area contributed by atoms with E-state index in [1.165, 1.54) is 0 Å². The predicted octanol–water partition coefficient (Wildman–Crippen LogP) is -4.04. The molecule has 0 aromatic carbocycles. The predicted molar refractivity (Wildman–Crippen MR) is 42.1 cm³/mol. The van der Waals surface area contributed by atoms with Crippen LogP contribution in [-0.4, -0.2) is 43.0 Å². The van der Waals surface area contributed by atoms with Gasteiger partial charge in [-0.1, -0.05) is 0 Å². The van der Waals surface area contributed by atoms with Crippen molar-refractivity contribution in [3.05, 3.63) is 0 Å². The van der Waals surface area contributed by atoms with E-state index in [9.17, 15) is 8.42 Å². The van der Waals surface area contributed by atoms with E-state index in [2.05, 4.69) is 5.32 Å². The molecule has 0 saturated carbocycles. The molecule has 0 heterocycles. The van der Waals surface area contributed by atoms with Crippen LogP contribution in [-0.2, 0) is 10.1 Å². The maximum Gasteiger partial charge on any atom is 1.00 e. The minimum absolute atomic E-state index is 0. The Morgan fingerprint density at radius 2 is 2.08 bits per heavy atom. The van der Waals surface area contributed by atoms with Crippen LogP contribution >= 0.6 is 0 Å². The molecule has 1 unspecified atom stereocenters. The smallest absolute Gasteiger partial charge is 1.00 e. The van der Waals surface area contributed by atoms with E-state index < -0.39 is 10.1 Å². The third-order valence-corrected chi connectivity index (χ3v) is 1.99. The molecule has 1 atom stereocenters. The van der Waals surface area contributed by atoms with Gasteiger partial charge in [0.25, 0.3) is 10.1 Å². The van der Waals surface area contributed by atoms with E-state index in [0.717, 1.165) is 0 Å². The number of hydrogen-bond acceptors (Lipinski definition) is 4. The van der Waals surface area contributed by atoms with Gasteiger partial charge in [-0.25, -0.2) is 0 Å². The quantitative estimate of drug-likeness (QED) is 0.315. The van der Waals surface area contributed by atoms with Gasteiger partial charge in [0.05, 0.1) is 12.4 Å². The van der Waals surface area contributed by atoms with Crippen LogP contribution in [0.25, 0.3) is 0 Å². The van der Waals surface area contributed by atoms with Gasteiger partial charge < -0.3 is 11.8 Å². The summed E-state index contributed by atoms with van der Waals surface area (Å²) in [5, 5.41) is 11.0. The minimum atomic E-state index is -3.90. The first-order valence-corrected chi connectivity index (χ1v) is 4.86. The molecule has 0 spiro atoms. The molecule has 0 aliphatic carbocycles. The summed E-state index contributed by atoms with van der Waals surface area (Å²) in [5.74, 6) is -0.326. The molecule has 0 radical (unpaired) electrons. The van der Waals surface area contributed by atoms with Crippen molar-refractivity contribution in [2.45, 2.75) is 13.0 Å². The van der Waals surface area contributed by atoms with Gasteiger partial charge in [0, 0.05) is 12.6 Å². The monoisotopic (exact) mass is 207 g/mol. The van der Waals surface area contributed by atoms with Crippen LogP contribution in [0.15, 0.2) is 0 Å². The zero-order valence-electron chi connectivity index (χ0n) is 8.32. The van der Waals surface area contributed by atoms with Crippen molar-refractivity contribution in [1.82, 2.24) is 5.32 Å². The summed E-state index contributed by atoms with van der Waals surface area (Å²) in [6, 6.07) is -0.336. The molecule has 70 valence electrons. The first kappa shape index (κ1) is 15.3. The molecule has 0 aromatic rings. The van der Waals surface area contributed by atoms with Crippen molar-refractivity contribution >= 4 is 10.1 Å². The largest absolute Gasteiger partial charge is 1.00 e. The molecule has 0 saturated heterocycles. The summed E-state index contributed by atoms with van der Waals surface area (Å²) < 4.78 is 28.9. The van der Waals surface area contributed by atoms with Crippen LogP contribution in [0, 0.1) is 0 Å². The molecule has 7 heteroatoms. The number of rotatable bonds is 5. The molecule has 0 bridgehead atoms. The van der Waals surface area contributed by atoms with Crippen LogP contribution in [0.5, 0.6) is 0 Å². The van der Waals surface area contributed by atoms with Gasteiger partial charge in [-0.2, -0.15) is 8.42 Å². The molecule has 0 rings (SSSR count). The Morgan fingerprint density at radius 1 is 1.58 bits per heavy atom. The van der Waals surface area contributed by atoms with Crippen molar-refractivity contribution in [2.75, 3.05) is 18.9 Å². The van der Waals surface area contributed by atoms with E-state index in [1.54, 1.807) is 6.92 Å². The van der Waals surface area contributed by atoms with Crippen LogP contribution in [0.4, 0.5) is 0 Å². The normalized spacial score (nSPS) is 13.6. The third kappa shape index (κ3) is 10.8. The van der Waals surface area contributed by atoms with Crippen molar-refractivity contribution < 1.29 is 49.1 Å². The topological polar surface area (TPSA) is 86.6 Å². The zero-order chi connectivity index (χ0) is 8.91. The molecule has 12 heavy (non-hydrogen) atoms. The van der Waals surface area contributed by atoms with Gasteiger partial charge in [0.1, 0.15) is 0 Å². The molecule has 0 aliphatic heterocycles. The second-order valence-corrected chi connectivity index (χ2v) is 3.82. The Hall–Kier alpha value is 0.830. The van der Waals surface area contributed by atoms with Crippen molar-refractivity contribution in [3.63, 3.8) is 0 Å². The standard InChI is InChI=1S/C5H13NO4S.Na.H/c1-5(6-2-3-7)4-11(8,9)10;;/h5-7H,2-4H2,1H3,(H,8,9,10);;/q;+1;-1. The molecule has 0 fully saturated rings. The first-order chi connectivity index (χ1) is 4.95. The van der Waals surface area contributed by atoms with Crippen LogP contribution in [0.1, 0.15) is 8.35 Å². The third-order valence-electron chi connectivity index (χ3n) is 1.07. The summed E-state index contributed by atoms with van der Waals surface area (Å²) >= 11 is 0. The summed E-state index contributed by atoms with van der Waals surface area (Å²) in [6.45, 7) is 1.90. The van der Waals surface area contributed by atoms with E-state index in [-0.39, 0.29) is 49.4 Å². The summed E-state index contributed by atoms with van der Waals surface area (Å²) in [4.78, 5) is 0. The summed E-state index contributed by atoms with van der Waals surface area (Å²) in [7, 11) is -3.90. The Morgan fingerprint density at radius 3 is 2.42 bits per heavy atom. The maximum absolute atomic E-state index is 10.3. The molecule has 0 aliphatic rings. The molecular weight excluding hydrogens is 193 g/mol.